The molecule has 0 unspecified atom stereocenters. The maximum absolute atomic E-state index is 11.7. The van der Waals surface area contributed by atoms with E-state index < -0.39 is 7.60 Å². The van der Waals surface area contributed by atoms with Crippen molar-refractivity contribution in [1.29, 1.82) is 0 Å². The Morgan fingerprint density at radius 3 is 2.44 bits per heavy atom. The van der Waals surface area contributed by atoms with Crippen molar-refractivity contribution in [3.63, 3.8) is 0 Å². The van der Waals surface area contributed by atoms with Crippen molar-refractivity contribution < 1.29 is 18.3 Å². The van der Waals surface area contributed by atoms with Gasteiger partial charge >= 0.3 is 7.60 Å². The molecule has 1 aromatic rings. The van der Waals surface area contributed by atoms with Gasteiger partial charge in [-0.05, 0) is 17.7 Å². The van der Waals surface area contributed by atoms with Crippen LogP contribution in [0.15, 0.2) is 42.2 Å². The minimum Gasteiger partial charge on any atom is -0.497 e. The van der Waals surface area contributed by atoms with Crippen LogP contribution >= 0.6 is 7.60 Å². The van der Waals surface area contributed by atoms with E-state index in [1.54, 1.807) is 19.3 Å². The highest BCUT2D eigenvalue weighted by atomic mass is 31.2. The molecule has 1 rings (SSSR count). The first-order chi connectivity index (χ1) is 8.63. The lowest BCUT2D eigenvalue weighted by atomic mass is 10.2. The van der Waals surface area contributed by atoms with E-state index in [1.807, 2.05) is 30.3 Å². The van der Waals surface area contributed by atoms with Crippen molar-refractivity contribution >= 4 is 13.7 Å². The highest BCUT2D eigenvalue weighted by molar-refractivity contribution is 7.57. The summed E-state index contributed by atoms with van der Waals surface area (Å²) in [5.74, 6) is 2.20. The second-order valence-corrected chi connectivity index (χ2v) is 5.49. The average molecular weight is 268 g/mol. The fourth-order valence-electron chi connectivity index (χ4n) is 1.26. The van der Waals surface area contributed by atoms with Crippen LogP contribution in [0, 0.1) is 0 Å². The second kappa shape index (κ2) is 7.17. The topological polar surface area (TPSA) is 44.8 Å². The molecule has 0 aromatic heterocycles. The minimum absolute atomic E-state index is 0.792. The van der Waals surface area contributed by atoms with Gasteiger partial charge in [0.25, 0.3) is 0 Å². The molecule has 0 aliphatic rings. The van der Waals surface area contributed by atoms with E-state index in [0.717, 1.165) is 11.3 Å². The molecule has 0 atom stereocenters. The summed E-state index contributed by atoms with van der Waals surface area (Å²) in [6.07, 6.45) is 5.27. The standard InChI is InChI=1S/C13H17O4P/c1-15-13-9-6-8-12(11-13)7-4-5-10-18(14,16-2)17-3/h4-11H,1-3H3/b7-4+,10-5+. The van der Waals surface area contributed by atoms with Gasteiger partial charge in [0, 0.05) is 20.0 Å². The van der Waals surface area contributed by atoms with Crippen LogP contribution in [0.1, 0.15) is 5.56 Å². The van der Waals surface area contributed by atoms with Crippen molar-refractivity contribution in [3.05, 3.63) is 47.8 Å². The Kier molecular flexibility index (Phi) is 5.86. The number of allylic oxidation sites excluding steroid dienone is 2. The molecule has 1 aromatic carbocycles. The summed E-state index contributed by atoms with van der Waals surface area (Å²) in [6.45, 7) is 0. The molecule has 0 bridgehead atoms. The molecule has 0 saturated heterocycles. The molecular formula is C13H17O4P. The van der Waals surface area contributed by atoms with Crippen LogP contribution in [0.4, 0.5) is 0 Å². The summed E-state index contributed by atoms with van der Waals surface area (Å²) in [5.41, 5.74) is 0.990. The Morgan fingerprint density at radius 2 is 1.83 bits per heavy atom. The third kappa shape index (κ3) is 4.49. The zero-order valence-electron chi connectivity index (χ0n) is 10.7. The summed E-state index contributed by atoms with van der Waals surface area (Å²) in [4.78, 5) is 0. The van der Waals surface area contributed by atoms with E-state index in [4.69, 9.17) is 13.8 Å². The summed E-state index contributed by atoms with van der Waals surface area (Å²) in [7, 11) is 1.24. The molecule has 5 heteroatoms. The number of ether oxygens (including phenoxy) is 1. The van der Waals surface area contributed by atoms with Gasteiger partial charge in [0.15, 0.2) is 0 Å². The highest BCUT2D eigenvalue weighted by Crippen LogP contribution is 2.47. The number of methoxy groups -OCH3 is 1. The Labute approximate surface area is 107 Å². The quantitative estimate of drug-likeness (QED) is 0.582. The van der Waals surface area contributed by atoms with Gasteiger partial charge in [-0.2, -0.15) is 0 Å². The Hall–Kier alpha value is -1.35. The molecule has 0 radical (unpaired) electrons. The molecule has 0 N–H and O–H groups in total. The Balaban J connectivity index is 2.70. The zero-order valence-corrected chi connectivity index (χ0v) is 11.6. The fraction of sp³-hybridized carbons (Fsp3) is 0.231. The lowest BCUT2D eigenvalue weighted by molar-refractivity contribution is 0.286. The minimum atomic E-state index is -3.07. The predicted molar refractivity (Wildman–Crippen MR) is 72.8 cm³/mol. The van der Waals surface area contributed by atoms with Crippen LogP contribution in [-0.2, 0) is 13.6 Å². The number of hydrogen-bond donors (Lipinski definition) is 0. The molecule has 0 heterocycles. The number of hydrogen-bond acceptors (Lipinski definition) is 4. The fourth-order valence-corrected chi connectivity index (χ4v) is 1.97. The molecule has 0 fully saturated rings. The SMILES string of the molecule is COc1cccc(/C=C/C=C/P(=O)(OC)OC)c1. The van der Waals surface area contributed by atoms with E-state index in [2.05, 4.69) is 0 Å². The normalized spacial score (nSPS) is 12.4. The van der Waals surface area contributed by atoms with E-state index in [9.17, 15) is 4.57 Å². The summed E-state index contributed by atoms with van der Waals surface area (Å²) < 4.78 is 26.3. The average Bonchev–Trinajstić information content (AvgIpc) is 2.43. The van der Waals surface area contributed by atoms with E-state index in [-0.39, 0.29) is 0 Å². The molecule has 18 heavy (non-hydrogen) atoms. The Bertz CT molecular complexity index is 472. The van der Waals surface area contributed by atoms with Crippen molar-refractivity contribution in [1.82, 2.24) is 0 Å². The predicted octanol–water partition coefficient (Wildman–Crippen LogP) is 3.71. The van der Waals surface area contributed by atoms with E-state index in [1.165, 1.54) is 20.0 Å². The molecular weight excluding hydrogens is 251 g/mol. The van der Waals surface area contributed by atoms with Crippen LogP contribution in [0.5, 0.6) is 5.75 Å². The van der Waals surface area contributed by atoms with Crippen molar-refractivity contribution in [2.45, 2.75) is 0 Å². The maximum atomic E-state index is 11.7. The van der Waals surface area contributed by atoms with E-state index >= 15 is 0 Å². The monoisotopic (exact) mass is 268 g/mol. The second-order valence-electron chi connectivity index (χ2n) is 3.38. The van der Waals surface area contributed by atoms with E-state index in [0.29, 0.717) is 0 Å². The van der Waals surface area contributed by atoms with Crippen LogP contribution in [-0.4, -0.2) is 21.3 Å². The molecule has 0 amide bonds. The zero-order chi connectivity index (χ0) is 13.4. The molecule has 4 nitrogen and oxygen atoms in total. The van der Waals surface area contributed by atoms with Crippen molar-refractivity contribution in [2.75, 3.05) is 21.3 Å². The maximum Gasteiger partial charge on any atom is 0.353 e. The van der Waals surface area contributed by atoms with Gasteiger partial charge in [-0.15, -0.1) is 0 Å². The van der Waals surface area contributed by atoms with Gasteiger partial charge in [0.05, 0.1) is 7.11 Å². The van der Waals surface area contributed by atoms with Gasteiger partial charge < -0.3 is 13.8 Å². The Morgan fingerprint density at radius 1 is 1.11 bits per heavy atom. The van der Waals surface area contributed by atoms with Gasteiger partial charge in [-0.25, -0.2) is 0 Å². The molecule has 98 valence electrons. The van der Waals surface area contributed by atoms with Gasteiger partial charge in [0.1, 0.15) is 5.75 Å². The van der Waals surface area contributed by atoms with Crippen molar-refractivity contribution in [3.8, 4) is 5.75 Å². The highest BCUT2D eigenvalue weighted by Gasteiger charge is 2.14. The van der Waals surface area contributed by atoms with Crippen LogP contribution < -0.4 is 4.74 Å². The lowest BCUT2D eigenvalue weighted by Crippen LogP contribution is -1.83. The van der Waals surface area contributed by atoms with Gasteiger partial charge in [-0.1, -0.05) is 30.4 Å². The van der Waals surface area contributed by atoms with Gasteiger partial charge in [0.2, 0.25) is 0 Å². The molecule has 0 spiro atoms. The molecule has 0 aliphatic carbocycles. The summed E-state index contributed by atoms with van der Waals surface area (Å²) in [5, 5.41) is 0. The van der Waals surface area contributed by atoms with Crippen LogP contribution in [0.25, 0.3) is 6.08 Å². The first-order valence-corrected chi connectivity index (χ1v) is 6.96. The third-order valence-electron chi connectivity index (χ3n) is 2.27. The van der Waals surface area contributed by atoms with Crippen molar-refractivity contribution in [2.24, 2.45) is 0 Å². The first-order valence-electron chi connectivity index (χ1n) is 5.34. The first kappa shape index (κ1) is 14.7. The third-order valence-corrected chi connectivity index (χ3v) is 3.83. The summed E-state index contributed by atoms with van der Waals surface area (Å²) in [6, 6.07) is 7.62. The smallest absolute Gasteiger partial charge is 0.353 e. The van der Waals surface area contributed by atoms with Crippen LogP contribution in [0.2, 0.25) is 0 Å². The largest absolute Gasteiger partial charge is 0.497 e. The lowest BCUT2D eigenvalue weighted by Gasteiger charge is -2.06. The number of rotatable bonds is 6. The number of benzene rings is 1. The molecule has 0 saturated carbocycles. The summed E-state index contributed by atoms with van der Waals surface area (Å²) >= 11 is 0. The van der Waals surface area contributed by atoms with Gasteiger partial charge in [-0.3, -0.25) is 4.57 Å². The molecule has 0 aliphatic heterocycles. The van der Waals surface area contributed by atoms with Crippen LogP contribution in [0.3, 0.4) is 0 Å².